The van der Waals surface area contributed by atoms with E-state index in [4.69, 9.17) is 4.74 Å². The number of ether oxygens (including phenoxy) is 1. The van der Waals surface area contributed by atoms with Gasteiger partial charge in [-0.15, -0.1) is 0 Å². The molecule has 30 heavy (non-hydrogen) atoms. The molecule has 0 fully saturated rings. The minimum absolute atomic E-state index is 0.111. The SMILES string of the molecule is CN1C(=O)[C@@H](N2CCc3cn(Cc4ncccn4)nc3C2=O)COc2ccccc21. The molecule has 4 heterocycles. The summed E-state index contributed by atoms with van der Waals surface area (Å²) in [7, 11) is 1.71. The van der Waals surface area contributed by atoms with Crippen molar-refractivity contribution in [2.24, 2.45) is 0 Å². The van der Waals surface area contributed by atoms with Gasteiger partial charge in [-0.25, -0.2) is 9.97 Å². The molecule has 2 aliphatic heterocycles. The summed E-state index contributed by atoms with van der Waals surface area (Å²) >= 11 is 0. The minimum Gasteiger partial charge on any atom is -0.489 e. The summed E-state index contributed by atoms with van der Waals surface area (Å²) in [6.07, 6.45) is 5.82. The predicted molar refractivity (Wildman–Crippen MR) is 107 cm³/mol. The van der Waals surface area contributed by atoms with Gasteiger partial charge in [0, 0.05) is 37.7 Å². The van der Waals surface area contributed by atoms with E-state index in [2.05, 4.69) is 15.1 Å². The van der Waals surface area contributed by atoms with Gasteiger partial charge in [0.15, 0.2) is 5.69 Å². The van der Waals surface area contributed by atoms with Crippen molar-refractivity contribution >= 4 is 17.5 Å². The molecule has 0 unspecified atom stereocenters. The zero-order valence-electron chi connectivity index (χ0n) is 16.4. The van der Waals surface area contributed by atoms with Crippen LogP contribution in [0.2, 0.25) is 0 Å². The molecular formula is C21H20N6O3. The molecule has 0 saturated heterocycles. The molecule has 2 aliphatic rings. The number of nitrogens with zero attached hydrogens (tertiary/aromatic N) is 6. The number of anilines is 1. The molecule has 2 amide bonds. The Kier molecular flexibility index (Phi) is 4.42. The topological polar surface area (TPSA) is 93.5 Å². The van der Waals surface area contributed by atoms with E-state index in [-0.39, 0.29) is 18.4 Å². The highest BCUT2D eigenvalue weighted by Gasteiger charge is 2.39. The molecule has 1 atom stereocenters. The van der Waals surface area contributed by atoms with E-state index < -0.39 is 6.04 Å². The molecular weight excluding hydrogens is 384 g/mol. The molecule has 152 valence electrons. The van der Waals surface area contributed by atoms with E-state index in [1.807, 2.05) is 30.5 Å². The van der Waals surface area contributed by atoms with Crippen LogP contribution in [0.5, 0.6) is 5.75 Å². The molecule has 5 rings (SSSR count). The van der Waals surface area contributed by atoms with Crippen LogP contribution in [0.4, 0.5) is 5.69 Å². The monoisotopic (exact) mass is 404 g/mol. The summed E-state index contributed by atoms with van der Waals surface area (Å²) < 4.78 is 7.55. The molecule has 9 nitrogen and oxygen atoms in total. The average molecular weight is 404 g/mol. The zero-order chi connectivity index (χ0) is 20.7. The first kappa shape index (κ1) is 18.3. The third-order valence-electron chi connectivity index (χ3n) is 5.46. The van der Waals surface area contributed by atoms with Crippen LogP contribution in [0.15, 0.2) is 48.9 Å². The summed E-state index contributed by atoms with van der Waals surface area (Å²) in [5, 5.41) is 4.46. The zero-order valence-corrected chi connectivity index (χ0v) is 16.4. The summed E-state index contributed by atoms with van der Waals surface area (Å²) in [6.45, 7) is 0.924. The van der Waals surface area contributed by atoms with Crippen LogP contribution in [0, 0.1) is 0 Å². The molecule has 3 aromatic rings. The fraction of sp³-hybridized carbons (Fsp3) is 0.286. The summed E-state index contributed by atoms with van der Waals surface area (Å²) in [4.78, 5) is 37.9. The van der Waals surface area contributed by atoms with E-state index in [1.54, 1.807) is 40.0 Å². The van der Waals surface area contributed by atoms with Gasteiger partial charge in [-0.1, -0.05) is 12.1 Å². The Morgan fingerprint density at radius 1 is 1.13 bits per heavy atom. The highest BCUT2D eigenvalue weighted by Crippen LogP contribution is 2.32. The summed E-state index contributed by atoms with van der Waals surface area (Å²) in [5.74, 6) is 0.820. The second-order valence-electron chi connectivity index (χ2n) is 7.31. The van der Waals surface area contributed by atoms with Crippen LogP contribution in [0.1, 0.15) is 21.9 Å². The van der Waals surface area contributed by atoms with Crippen LogP contribution in [-0.2, 0) is 17.8 Å². The number of benzene rings is 1. The van der Waals surface area contributed by atoms with Gasteiger partial charge in [-0.05, 0) is 24.6 Å². The molecule has 0 N–H and O–H groups in total. The van der Waals surface area contributed by atoms with Gasteiger partial charge in [0.25, 0.3) is 11.8 Å². The Morgan fingerprint density at radius 3 is 2.77 bits per heavy atom. The van der Waals surface area contributed by atoms with Crippen LogP contribution >= 0.6 is 0 Å². The highest BCUT2D eigenvalue weighted by molar-refractivity contribution is 6.03. The number of carbonyl (C=O) groups is 2. The number of fused-ring (bicyclic) bond motifs is 2. The van der Waals surface area contributed by atoms with Crippen molar-refractivity contribution in [2.75, 3.05) is 25.1 Å². The number of likely N-dealkylation sites (N-methyl/N-ethyl adjacent to an activating group) is 1. The molecule has 9 heteroatoms. The molecule has 0 saturated carbocycles. The lowest BCUT2D eigenvalue weighted by Gasteiger charge is -2.33. The van der Waals surface area contributed by atoms with Gasteiger partial charge in [0.1, 0.15) is 30.8 Å². The van der Waals surface area contributed by atoms with Crippen molar-refractivity contribution in [1.29, 1.82) is 0 Å². The lowest BCUT2D eigenvalue weighted by molar-refractivity contribution is -0.123. The predicted octanol–water partition coefficient (Wildman–Crippen LogP) is 1.14. The number of hydrogen-bond acceptors (Lipinski definition) is 6. The van der Waals surface area contributed by atoms with Gasteiger partial charge in [0.05, 0.1) is 5.69 Å². The van der Waals surface area contributed by atoms with Gasteiger partial charge >= 0.3 is 0 Å². The first-order valence-corrected chi connectivity index (χ1v) is 9.74. The summed E-state index contributed by atoms with van der Waals surface area (Å²) in [6, 6.07) is 8.42. The molecule has 0 aliphatic carbocycles. The Balaban J connectivity index is 1.39. The van der Waals surface area contributed by atoms with Crippen molar-refractivity contribution in [1.82, 2.24) is 24.6 Å². The summed E-state index contributed by atoms with van der Waals surface area (Å²) in [5.41, 5.74) is 1.93. The van der Waals surface area contributed by atoms with Crippen LogP contribution in [0.3, 0.4) is 0 Å². The van der Waals surface area contributed by atoms with Crippen molar-refractivity contribution in [3.05, 3.63) is 66.0 Å². The molecule has 2 aromatic heterocycles. The van der Waals surface area contributed by atoms with Gasteiger partial charge in [-0.2, -0.15) is 5.10 Å². The Morgan fingerprint density at radius 2 is 1.93 bits per heavy atom. The fourth-order valence-electron chi connectivity index (χ4n) is 3.90. The molecule has 0 spiro atoms. The van der Waals surface area contributed by atoms with E-state index in [9.17, 15) is 9.59 Å². The van der Waals surface area contributed by atoms with Crippen molar-refractivity contribution in [3.63, 3.8) is 0 Å². The van der Waals surface area contributed by atoms with E-state index in [1.165, 1.54) is 0 Å². The maximum Gasteiger partial charge on any atom is 0.275 e. The Hall–Kier alpha value is -3.75. The van der Waals surface area contributed by atoms with Crippen LogP contribution in [-0.4, -0.2) is 62.7 Å². The minimum atomic E-state index is -0.703. The Bertz CT molecular complexity index is 1110. The fourth-order valence-corrected chi connectivity index (χ4v) is 3.90. The lowest BCUT2D eigenvalue weighted by Crippen LogP contribution is -2.54. The number of para-hydroxylation sites is 2. The molecule has 1 aromatic carbocycles. The quantitative estimate of drug-likeness (QED) is 0.650. The van der Waals surface area contributed by atoms with Gasteiger partial charge < -0.3 is 14.5 Å². The smallest absolute Gasteiger partial charge is 0.275 e. The van der Waals surface area contributed by atoms with Crippen LogP contribution < -0.4 is 9.64 Å². The van der Waals surface area contributed by atoms with E-state index in [0.29, 0.717) is 42.5 Å². The number of carbonyl (C=O) groups excluding carboxylic acids is 2. The second-order valence-corrected chi connectivity index (χ2v) is 7.31. The molecule has 0 radical (unpaired) electrons. The third kappa shape index (κ3) is 3.08. The first-order chi connectivity index (χ1) is 14.6. The lowest BCUT2D eigenvalue weighted by atomic mass is 10.0. The maximum atomic E-state index is 13.2. The largest absolute Gasteiger partial charge is 0.489 e. The normalized spacial score (nSPS) is 18.5. The number of amides is 2. The van der Waals surface area contributed by atoms with Gasteiger partial charge in [0.2, 0.25) is 0 Å². The Labute approximate surface area is 172 Å². The maximum absolute atomic E-state index is 13.2. The second kappa shape index (κ2) is 7.25. The number of rotatable bonds is 3. The van der Waals surface area contributed by atoms with E-state index in [0.717, 1.165) is 5.56 Å². The standard InChI is InChI=1S/C21H20N6O3/c1-25-15-5-2-3-6-17(15)30-13-16(20(25)28)27-10-7-14-11-26(24-19(14)21(27)29)12-18-22-8-4-9-23-18/h2-6,8-9,11,16H,7,10,12-13H2,1H3/t16-/m0/s1. The highest BCUT2D eigenvalue weighted by atomic mass is 16.5. The first-order valence-electron chi connectivity index (χ1n) is 9.74. The van der Waals surface area contributed by atoms with Crippen molar-refractivity contribution in [3.8, 4) is 5.75 Å². The third-order valence-corrected chi connectivity index (χ3v) is 5.46. The van der Waals surface area contributed by atoms with Crippen LogP contribution in [0.25, 0.3) is 0 Å². The average Bonchev–Trinajstić information content (AvgIpc) is 3.13. The van der Waals surface area contributed by atoms with Gasteiger partial charge in [-0.3, -0.25) is 14.3 Å². The molecule has 0 bridgehead atoms. The number of hydrogen-bond donors (Lipinski definition) is 0. The number of aromatic nitrogens is 4. The van der Waals surface area contributed by atoms with Crippen molar-refractivity contribution < 1.29 is 14.3 Å². The van der Waals surface area contributed by atoms with E-state index >= 15 is 0 Å². The van der Waals surface area contributed by atoms with Crippen molar-refractivity contribution in [2.45, 2.75) is 19.0 Å².